The fraction of sp³-hybridized carbons (Fsp3) is 0.462. The van der Waals surface area contributed by atoms with E-state index < -0.39 is 10.8 Å². The molecule has 0 bridgehead atoms. The van der Waals surface area contributed by atoms with E-state index in [1.165, 1.54) is 25.3 Å². The highest BCUT2D eigenvalue weighted by molar-refractivity contribution is 5.98. The largest absolute Gasteiger partial charge is 0.497 e. The number of hydrogen-bond donors (Lipinski definition) is 2. The number of nitrogens with one attached hydrogen (secondary N) is 2. The Morgan fingerprint density at radius 3 is 2.75 bits per heavy atom. The molecule has 0 saturated carbocycles. The lowest BCUT2D eigenvalue weighted by atomic mass is 10.1. The summed E-state index contributed by atoms with van der Waals surface area (Å²) in [5, 5.41) is 16.7. The maximum absolute atomic E-state index is 12.0. The van der Waals surface area contributed by atoms with E-state index in [2.05, 4.69) is 10.6 Å². The van der Waals surface area contributed by atoms with Crippen LogP contribution in [-0.4, -0.2) is 37.1 Å². The standard InChI is InChI=1S/C13H19N3O4/c1-4-14-9(2)8-15-13(17)11-7-10(20-3)5-6-12(11)16(18)19/h5-7,9,14H,4,8H2,1-3H3,(H,15,17)/t9-/m1/s1. The first-order valence-corrected chi connectivity index (χ1v) is 6.33. The number of benzene rings is 1. The van der Waals surface area contributed by atoms with Gasteiger partial charge in [-0.3, -0.25) is 14.9 Å². The quantitative estimate of drug-likeness (QED) is 0.581. The van der Waals surface area contributed by atoms with Gasteiger partial charge in [0.2, 0.25) is 0 Å². The molecule has 0 fully saturated rings. The van der Waals surface area contributed by atoms with Gasteiger partial charge in [0.05, 0.1) is 12.0 Å². The number of rotatable bonds is 7. The van der Waals surface area contributed by atoms with Crippen LogP contribution in [0.2, 0.25) is 0 Å². The molecular weight excluding hydrogens is 262 g/mol. The van der Waals surface area contributed by atoms with Crippen molar-refractivity contribution in [3.05, 3.63) is 33.9 Å². The van der Waals surface area contributed by atoms with E-state index in [-0.39, 0.29) is 17.3 Å². The van der Waals surface area contributed by atoms with Crippen LogP contribution in [0.5, 0.6) is 5.75 Å². The third-order valence-corrected chi connectivity index (χ3v) is 2.77. The van der Waals surface area contributed by atoms with Crippen LogP contribution in [0.15, 0.2) is 18.2 Å². The minimum Gasteiger partial charge on any atom is -0.497 e. The summed E-state index contributed by atoms with van der Waals surface area (Å²) in [5.41, 5.74) is -0.238. The van der Waals surface area contributed by atoms with Gasteiger partial charge in [-0.2, -0.15) is 0 Å². The maximum Gasteiger partial charge on any atom is 0.282 e. The number of carbonyl (C=O) groups is 1. The molecule has 7 heteroatoms. The topological polar surface area (TPSA) is 93.5 Å². The summed E-state index contributed by atoms with van der Waals surface area (Å²) in [7, 11) is 1.44. The van der Waals surface area contributed by atoms with Crippen LogP contribution in [0.1, 0.15) is 24.2 Å². The average molecular weight is 281 g/mol. The second-order valence-electron chi connectivity index (χ2n) is 4.31. The smallest absolute Gasteiger partial charge is 0.282 e. The monoisotopic (exact) mass is 281 g/mol. The summed E-state index contributed by atoms with van der Waals surface area (Å²) in [6.07, 6.45) is 0. The third kappa shape index (κ3) is 4.20. The third-order valence-electron chi connectivity index (χ3n) is 2.77. The number of carbonyl (C=O) groups excluding carboxylic acids is 1. The first-order chi connectivity index (χ1) is 9.49. The molecule has 0 radical (unpaired) electrons. The van der Waals surface area contributed by atoms with Crippen LogP contribution in [0.25, 0.3) is 0 Å². The molecule has 1 rings (SSSR count). The number of methoxy groups -OCH3 is 1. The van der Waals surface area contributed by atoms with Gasteiger partial charge in [0.25, 0.3) is 11.6 Å². The van der Waals surface area contributed by atoms with E-state index in [4.69, 9.17) is 4.74 Å². The molecule has 0 heterocycles. The Hall–Kier alpha value is -2.15. The molecule has 1 aromatic rings. The predicted octanol–water partition coefficient (Wildman–Crippen LogP) is 1.33. The fourth-order valence-electron chi connectivity index (χ4n) is 1.74. The van der Waals surface area contributed by atoms with Gasteiger partial charge < -0.3 is 15.4 Å². The molecule has 0 unspecified atom stereocenters. The molecule has 1 amide bonds. The number of likely N-dealkylation sites (N-methyl/N-ethyl adjacent to an activating group) is 1. The highest BCUT2D eigenvalue weighted by Crippen LogP contribution is 2.23. The summed E-state index contributed by atoms with van der Waals surface area (Å²) in [5.74, 6) is -0.0826. The van der Waals surface area contributed by atoms with E-state index in [9.17, 15) is 14.9 Å². The molecule has 0 spiro atoms. The van der Waals surface area contributed by atoms with E-state index in [1.807, 2.05) is 13.8 Å². The Morgan fingerprint density at radius 2 is 2.20 bits per heavy atom. The first kappa shape index (κ1) is 15.9. The summed E-state index contributed by atoms with van der Waals surface area (Å²) in [4.78, 5) is 22.4. The zero-order chi connectivity index (χ0) is 15.1. The Morgan fingerprint density at radius 1 is 1.50 bits per heavy atom. The number of ether oxygens (including phenoxy) is 1. The van der Waals surface area contributed by atoms with Crippen LogP contribution >= 0.6 is 0 Å². The maximum atomic E-state index is 12.0. The van der Waals surface area contributed by atoms with Crippen molar-refractivity contribution < 1.29 is 14.5 Å². The van der Waals surface area contributed by atoms with E-state index in [0.29, 0.717) is 12.3 Å². The summed E-state index contributed by atoms with van der Waals surface area (Å²) in [6, 6.07) is 4.18. The van der Waals surface area contributed by atoms with Gasteiger partial charge in [0.1, 0.15) is 11.3 Å². The van der Waals surface area contributed by atoms with Crippen molar-refractivity contribution in [1.82, 2.24) is 10.6 Å². The average Bonchev–Trinajstić information content (AvgIpc) is 2.44. The van der Waals surface area contributed by atoms with Gasteiger partial charge in [-0.15, -0.1) is 0 Å². The lowest BCUT2D eigenvalue weighted by molar-refractivity contribution is -0.385. The number of nitro groups is 1. The summed E-state index contributed by atoms with van der Waals surface area (Å²) in [6.45, 7) is 5.06. The minimum atomic E-state index is -0.581. The summed E-state index contributed by atoms with van der Waals surface area (Å²) >= 11 is 0. The number of nitrogens with zero attached hydrogens (tertiary/aromatic N) is 1. The fourth-order valence-corrected chi connectivity index (χ4v) is 1.74. The Kier molecular flexibility index (Phi) is 5.92. The van der Waals surface area contributed by atoms with Gasteiger partial charge in [-0.05, 0) is 25.6 Å². The van der Waals surface area contributed by atoms with E-state index in [0.717, 1.165) is 6.54 Å². The number of nitro benzene ring substituents is 1. The van der Waals surface area contributed by atoms with Gasteiger partial charge in [-0.25, -0.2) is 0 Å². The van der Waals surface area contributed by atoms with E-state index in [1.54, 1.807) is 0 Å². The molecule has 1 atom stereocenters. The lowest BCUT2D eigenvalue weighted by Crippen LogP contribution is -2.38. The van der Waals surface area contributed by atoms with Crippen molar-refractivity contribution in [2.24, 2.45) is 0 Å². The normalized spacial score (nSPS) is 11.8. The molecule has 0 aliphatic carbocycles. The SMILES string of the molecule is CCN[C@H](C)CNC(=O)c1cc(OC)ccc1[N+](=O)[O-]. The lowest BCUT2D eigenvalue weighted by Gasteiger charge is -2.13. The molecule has 0 aliphatic heterocycles. The van der Waals surface area contributed by atoms with Crippen molar-refractivity contribution >= 4 is 11.6 Å². The molecule has 0 aromatic heterocycles. The molecule has 0 saturated heterocycles. The Bertz CT molecular complexity index is 491. The predicted molar refractivity (Wildman–Crippen MR) is 75.1 cm³/mol. The van der Waals surface area contributed by atoms with Crippen LogP contribution in [0.4, 0.5) is 5.69 Å². The Balaban J connectivity index is 2.87. The zero-order valence-electron chi connectivity index (χ0n) is 11.8. The first-order valence-electron chi connectivity index (χ1n) is 6.33. The molecule has 1 aromatic carbocycles. The van der Waals surface area contributed by atoms with Crippen molar-refractivity contribution in [2.45, 2.75) is 19.9 Å². The van der Waals surface area contributed by atoms with Crippen molar-refractivity contribution in [3.8, 4) is 5.75 Å². The molecule has 7 nitrogen and oxygen atoms in total. The molecule has 2 N–H and O–H groups in total. The van der Waals surface area contributed by atoms with Crippen LogP contribution < -0.4 is 15.4 Å². The highest BCUT2D eigenvalue weighted by atomic mass is 16.6. The van der Waals surface area contributed by atoms with Gasteiger partial charge in [0.15, 0.2) is 0 Å². The van der Waals surface area contributed by atoms with Crippen molar-refractivity contribution in [1.29, 1.82) is 0 Å². The van der Waals surface area contributed by atoms with Gasteiger partial charge in [0, 0.05) is 18.7 Å². The van der Waals surface area contributed by atoms with Gasteiger partial charge >= 0.3 is 0 Å². The van der Waals surface area contributed by atoms with Gasteiger partial charge in [-0.1, -0.05) is 6.92 Å². The van der Waals surface area contributed by atoms with E-state index >= 15 is 0 Å². The van der Waals surface area contributed by atoms with Crippen LogP contribution in [0.3, 0.4) is 0 Å². The minimum absolute atomic E-state index is 0.00181. The second kappa shape index (κ2) is 7.44. The zero-order valence-corrected chi connectivity index (χ0v) is 11.8. The summed E-state index contributed by atoms with van der Waals surface area (Å²) < 4.78 is 4.99. The number of amides is 1. The molecule has 110 valence electrons. The molecule has 0 aliphatic rings. The Labute approximate surface area is 117 Å². The number of hydrogen-bond acceptors (Lipinski definition) is 5. The molecule has 20 heavy (non-hydrogen) atoms. The van der Waals surface area contributed by atoms with Crippen molar-refractivity contribution in [2.75, 3.05) is 20.2 Å². The van der Waals surface area contributed by atoms with Crippen LogP contribution in [-0.2, 0) is 0 Å². The second-order valence-corrected chi connectivity index (χ2v) is 4.31. The highest BCUT2D eigenvalue weighted by Gasteiger charge is 2.21. The van der Waals surface area contributed by atoms with Crippen LogP contribution in [0, 0.1) is 10.1 Å². The van der Waals surface area contributed by atoms with Crippen molar-refractivity contribution in [3.63, 3.8) is 0 Å². The molecular formula is C13H19N3O4.